The molecule has 4 rings (SSSR count). The number of benzene rings is 1. The number of nitrogens with zero attached hydrogens (tertiary/aromatic N) is 2. The minimum atomic E-state index is -3.76. The molecule has 1 aromatic carbocycles. The van der Waals surface area contributed by atoms with Crippen LogP contribution < -0.4 is 5.32 Å². The van der Waals surface area contributed by atoms with Gasteiger partial charge in [0, 0.05) is 31.2 Å². The zero-order valence-corrected chi connectivity index (χ0v) is 18.3. The molecular formula is C22H29N3O4S. The third-order valence-corrected chi connectivity index (χ3v) is 8.06. The Morgan fingerprint density at radius 2 is 1.83 bits per heavy atom. The number of carbonyl (C=O) groups excluding carboxylic acids is 1. The van der Waals surface area contributed by atoms with Gasteiger partial charge in [0.2, 0.25) is 15.9 Å². The molecule has 1 amide bonds. The van der Waals surface area contributed by atoms with Crippen molar-refractivity contribution in [1.29, 1.82) is 0 Å². The minimum Gasteiger partial charge on any atom is -0.461 e. The summed E-state index contributed by atoms with van der Waals surface area (Å²) in [4.78, 5) is 15.2. The number of furan rings is 1. The molecule has 3 heterocycles. The maximum Gasteiger partial charge on any atom is 0.243 e. The number of hydrogen-bond donors (Lipinski definition) is 1. The smallest absolute Gasteiger partial charge is 0.243 e. The first kappa shape index (κ1) is 21.1. The lowest BCUT2D eigenvalue weighted by molar-refractivity contribution is -0.135. The van der Waals surface area contributed by atoms with Gasteiger partial charge in [-0.15, -0.1) is 0 Å². The summed E-state index contributed by atoms with van der Waals surface area (Å²) in [6.07, 6.45) is 3.10. The van der Waals surface area contributed by atoms with Crippen molar-refractivity contribution in [2.45, 2.75) is 49.6 Å². The van der Waals surface area contributed by atoms with E-state index in [4.69, 9.17) is 4.42 Å². The second kappa shape index (κ2) is 8.53. The number of rotatable bonds is 5. The van der Waals surface area contributed by atoms with Crippen molar-refractivity contribution in [3.05, 3.63) is 42.2 Å². The molecule has 2 fully saturated rings. The number of nitrogens with one attached hydrogen (secondary N) is 1. The Morgan fingerprint density at radius 1 is 1.07 bits per heavy atom. The summed E-state index contributed by atoms with van der Waals surface area (Å²) in [6.45, 7) is 3.55. The Balaban J connectivity index is 1.56. The fourth-order valence-electron chi connectivity index (χ4n) is 4.36. The van der Waals surface area contributed by atoms with E-state index in [0.717, 1.165) is 30.6 Å². The van der Waals surface area contributed by atoms with E-state index in [1.807, 2.05) is 31.0 Å². The summed E-state index contributed by atoms with van der Waals surface area (Å²) in [7, 11) is -1.87. The van der Waals surface area contributed by atoms with Gasteiger partial charge in [-0.1, -0.05) is 6.42 Å². The van der Waals surface area contributed by atoms with Gasteiger partial charge in [-0.25, -0.2) is 8.42 Å². The molecule has 8 heteroatoms. The Hall–Kier alpha value is -2.16. The van der Waals surface area contributed by atoms with Crippen LogP contribution >= 0.6 is 0 Å². The molecule has 0 aliphatic carbocycles. The van der Waals surface area contributed by atoms with E-state index >= 15 is 0 Å². The van der Waals surface area contributed by atoms with E-state index in [-0.39, 0.29) is 16.8 Å². The van der Waals surface area contributed by atoms with Gasteiger partial charge >= 0.3 is 0 Å². The predicted octanol–water partition coefficient (Wildman–Crippen LogP) is 2.62. The quantitative estimate of drug-likeness (QED) is 0.787. The number of amides is 1. The largest absolute Gasteiger partial charge is 0.461 e. The predicted molar refractivity (Wildman–Crippen MR) is 114 cm³/mol. The SMILES string of the molecule is CNC1CCN(C(=O)[C@@H]2CCCCN2S(=O)(=O)c2ccc(-c3ccc(C)o3)cc2)C1. The highest BCUT2D eigenvalue weighted by molar-refractivity contribution is 7.89. The summed E-state index contributed by atoms with van der Waals surface area (Å²) in [5, 5.41) is 3.21. The number of piperidine rings is 1. The average Bonchev–Trinajstić information content (AvgIpc) is 3.42. The van der Waals surface area contributed by atoms with E-state index < -0.39 is 16.1 Å². The summed E-state index contributed by atoms with van der Waals surface area (Å²) in [5.41, 5.74) is 0.823. The standard InChI is InChI=1S/C22H29N3O4S/c1-16-6-11-21(29-16)17-7-9-19(10-8-17)30(27,28)25-13-4-3-5-20(25)22(26)24-14-12-18(15-24)23-2/h6-11,18,20,23H,3-5,12-15H2,1-2H3/t18?,20-/m0/s1. The van der Waals surface area contributed by atoms with Gasteiger partial charge in [0.1, 0.15) is 17.6 Å². The van der Waals surface area contributed by atoms with Crippen LogP contribution in [0.25, 0.3) is 11.3 Å². The van der Waals surface area contributed by atoms with Crippen molar-refractivity contribution in [2.24, 2.45) is 0 Å². The highest BCUT2D eigenvalue weighted by Gasteiger charge is 2.40. The van der Waals surface area contributed by atoms with Gasteiger partial charge in [-0.2, -0.15) is 4.31 Å². The highest BCUT2D eigenvalue weighted by Crippen LogP contribution is 2.29. The summed E-state index contributed by atoms with van der Waals surface area (Å²) in [5.74, 6) is 1.44. The van der Waals surface area contributed by atoms with E-state index in [0.29, 0.717) is 31.8 Å². The van der Waals surface area contributed by atoms with E-state index in [9.17, 15) is 13.2 Å². The van der Waals surface area contributed by atoms with Crippen molar-refractivity contribution in [3.63, 3.8) is 0 Å². The third kappa shape index (κ3) is 4.04. The number of likely N-dealkylation sites (N-methyl/N-ethyl adjacent to an activating group) is 1. The zero-order chi connectivity index (χ0) is 21.3. The van der Waals surface area contributed by atoms with Crippen molar-refractivity contribution in [3.8, 4) is 11.3 Å². The first-order valence-electron chi connectivity index (χ1n) is 10.5. The fraction of sp³-hybridized carbons (Fsp3) is 0.500. The zero-order valence-electron chi connectivity index (χ0n) is 17.5. The second-order valence-electron chi connectivity index (χ2n) is 8.12. The van der Waals surface area contributed by atoms with Crippen molar-refractivity contribution in [2.75, 3.05) is 26.7 Å². The van der Waals surface area contributed by atoms with Crippen LogP contribution in [0.15, 0.2) is 45.7 Å². The molecule has 0 bridgehead atoms. The van der Waals surface area contributed by atoms with Crippen LogP contribution in [0.5, 0.6) is 0 Å². The number of aryl methyl sites for hydroxylation is 1. The van der Waals surface area contributed by atoms with Crippen LogP contribution in [0.2, 0.25) is 0 Å². The molecule has 1 N–H and O–H groups in total. The Labute approximate surface area is 178 Å². The van der Waals surface area contributed by atoms with Gasteiger partial charge < -0.3 is 14.6 Å². The first-order chi connectivity index (χ1) is 14.4. The molecule has 2 aliphatic rings. The maximum absolute atomic E-state index is 13.4. The normalized spacial score (nSPS) is 23.1. The number of carbonyl (C=O) groups is 1. The van der Waals surface area contributed by atoms with Crippen molar-refractivity contribution in [1.82, 2.24) is 14.5 Å². The topological polar surface area (TPSA) is 82.9 Å². The molecule has 0 radical (unpaired) electrons. The van der Waals surface area contributed by atoms with Gasteiger partial charge in [0.05, 0.1) is 4.90 Å². The number of likely N-dealkylation sites (tertiary alicyclic amines) is 1. The van der Waals surface area contributed by atoms with Crippen LogP contribution in [0.1, 0.15) is 31.4 Å². The van der Waals surface area contributed by atoms with Crippen LogP contribution in [0.3, 0.4) is 0 Å². The third-order valence-electron chi connectivity index (χ3n) is 6.13. The van der Waals surface area contributed by atoms with Gasteiger partial charge in [0.25, 0.3) is 0 Å². The Kier molecular flexibility index (Phi) is 5.99. The van der Waals surface area contributed by atoms with Crippen LogP contribution in [-0.2, 0) is 14.8 Å². The molecule has 0 spiro atoms. The molecular weight excluding hydrogens is 402 g/mol. The highest BCUT2D eigenvalue weighted by atomic mass is 32.2. The molecule has 2 saturated heterocycles. The van der Waals surface area contributed by atoms with E-state index in [2.05, 4.69) is 5.32 Å². The molecule has 0 saturated carbocycles. The Bertz CT molecular complexity index is 1000. The van der Waals surface area contributed by atoms with Crippen LogP contribution in [-0.4, -0.2) is 62.3 Å². The monoisotopic (exact) mass is 431 g/mol. The lowest BCUT2D eigenvalue weighted by atomic mass is 10.0. The maximum atomic E-state index is 13.4. The van der Waals surface area contributed by atoms with Gasteiger partial charge in [-0.05, 0) is 69.6 Å². The molecule has 2 atom stereocenters. The number of sulfonamides is 1. The van der Waals surface area contributed by atoms with Gasteiger partial charge in [0.15, 0.2) is 0 Å². The molecule has 1 aromatic heterocycles. The molecule has 2 aromatic rings. The lowest BCUT2D eigenvalue weighted by Crippen LogP contribution is -2.52. The fourth-order valence-corrected chi connectivity index (χ4v) is 6.01. The van der Waals surface area contributed by atoms with Crippen molar-refractivity contribution >= 4 is 15.9 Å². The average molecular weight is 432 g/mol. The Morgan fingerprint density at radius 3 is 2.47 bits per heavy atom. The van der Waals surface area contributed by atoms with Crippen LogP contribution in [0.4, 0.5) is 0 Å². The van der Waals surface area contributed by atoms with E-state index in [1.165, 1.54) is 4.31 Å². The summed E-state index contributed by atoms with van der Waals surface area (Å²) in [6, 6.07) is 10.1. The summed E-state index contributed by atoms with van der Waals surface area (Å²) >= 11 is 0. The second-order valence-corrected chi connectivity index (χ2v) is 10.0. The molecule has 7 nitrogen and oxygen atoms in total. The number of hydrogen-bond acceptors (Lipinski definition) is 5. The lowest BCUT2D eigenvalue weighted by Gasteiger charge is -2.35. The first-order valence-corrected chi connectivity index (χ1v) is 12.0. The minimum absolute atomic E-state index is 0.0706. The summed E-state index contributed by atoms with van der Waals surface area (Å²) < 4.78 is 33.9. The molecule has 1 unspecified atom stereocenters. The van der Waals surface area contributed by atoms with Crippen molar-refractivity contribution < 1.29 is 17.6 Å². The van der Waals surface area contributed by atoms with Gasteiger partial charge in [-0.3, -0.25) is 4.79 Å². The van der Waals surface area contributed by atoms with Crippen LogP contribution in [0, 0.1) is 6.92 Å². The molecule has 2 aliphatic heterocycles. The molecule has 30 heavy (non-hydrogen) atoms. The molecule has 162 valence electrons. The van der Waals surface area contributed by atoms with E-state index in [1.54, 1.807) is 24.3 Å².